The van der Waals surface area contributed by atoms with E-state index in [4.69, 9.17) is 11.6 Å². The second-order valence-corrected chi connectivity index (χ2v) is 4.68. The number of nitroso groups, excluding NO2 is 1. The van der Waals surface area contributed by atoms with Crippen LogP contribution in [0.15, 0.2) is 47.8 Å². The minimum atomic E-state index is 0.303. The molecule has 0 aliphatic rings. The van der Waals surface area contributed by atoms with Crippen LogP contribution in [0.1, 0.15) is 5.56 Å². The highest BCUT2D eigenvalue weighted by Crippen LogP contribution is 2.32. The van der Waals surface area contributed by atoms with Gasteiger partial charge >= 0.3 is 0 Å². The third-order valence-corrected chi connectivity index (χ3v) is 3.45. The molecule has 0 atom stereocenters. The Labute approximate surface area is 114 Å². The Morgan fingerprint density at radius 1 is 1.26 bits per heavy atom. The molecule has 0 unspecified atom stereocenters. The SMILES string of the molecule is Cc1cc(-c2nc3ccccn3c2N=O)ccc1Cl. The van der Waals surface area contributed by atoms with Gasteiger partial charge < -0.3 is 0 Å². The molecular weight excluding hydrogens is 262 g/mol. The lowest BCUT2D eigenvalue weighted by molar-refractivity contribution is 1.16. The summed E-state index contributed by atoms with van der Waals surface area (Å²) in [4.78, 5) is 15.5. The van der Waals surface area contributed by atoms with E-state index < -0.39 is 0 Å². The largest absolute Gasteiger partial charge is 0.281 e. The fourth-order valence-corrected chi connectivity index (χ4v) is 2.17. The molecule has 0 radical (unpaired) electrons. The zero-order valence-electron chi connectivity index (χ0n) is 10.2. The van der Waals surface area contributed by atoms with Crippen LogP contribution in [0.4, 0.5) is 5.82 Å². The molecule has 0 bridgehead atoms. The van der Waals surface area contributed by atoms with Gasteiger partial charge in [0, 0.05) is 16.8 Å². The molecule has 19 heavy (non-hydrogen) atoms. The molecule has 0 saturated carbocycles. The molecule has 3 rings (SSSR count). The van der Waals surface area contributed by atoms with Crippen LogP contribution in [0.25, 0.3) is 16.9 Å². The van der Waals surface area contributed by atoms with Gasteiger partial charge in [-0.25, -0.2) is 4.98 Å². The Morgan fingerprint density at radius 2 is 2.11 bits per heavy atom. The smallest absolute Gasteiger partial charge is 0.209 e. The first-order valence-electron chi connectivity index (χ1n) is 5.77. The Kier molecular flexibility index (Phi) is 2.80. The summed E-state index contributed by atoms with van der Waals surface area (Å²) in [6.07, 6.45) is 1.77. The molecule has 0 fully saturated rings. The predicted octanol–water partition coefficient (Wildman–Crippen LogP) is 4.36. The predicted molar refractivity (Wildman–Crippen MR) is 75.8 cm³/mol. The summed E-state index contributed by atoms with van der Waals surface area (Å²) in [6.45, 7) is 1.91. The molecule has 0 amide bonds. The number of aryl methyl sites for hydroxylation is 1. The third-order valence-electron chi connectivity index (χ3n) is 3.02. The molecule has 94 valence electrons. The summed E-state index contributed by atoms with van der Waals surface area (Å²) in [5.74, 6) is 0.303. The van der Waals surface area contributed by atoms with Crippen molar-refractivity contribution < 1.29 is 0 Å². The zero-order valence-corrected chi connectivity index (χ0v) is 10.9. The maximum atomic E-state index is 11.1. The average molecular weight is 272 g/mol. The van der Waals surface area contributed by atoms with Crippen molar-refractivity contribution in [3.8, 4) is 11.3 Å². The molecule has 4 nitrogen and oxygen atoms in total. The number of rotatable bonds is 2. The number of benzene rings is 1. The summed E-state index contributed by atoms with van der Waals surface area (Å²) in [6, 6.07) is 11.1. The highest BCUT2D eigenvalue weighted by molar-refractivity contribution is 6.31. The summed E-state index contributed by atoms with van der Waals surface area (Å²) >= 11 is 6.01. The summed E-state index contributed by atoms with van der Waals surface area (Å²) < 4.78 is 1.67. The molecule has 0 spiro atoms. The van der Waals surface area contributed by atoms with Gasteiger partial charge in [-0.3, -0.25) is 4.40 Å². The minimum Gasteiger partial charge on any atom is -0.281 e. The molecule has 2 aromatic heterocycles. The molecule has 5 heteroatoms. The van der Waals surface area contributed by atoms with Crippen LogP contribution in [-0.4, -0.2) is 9.38 Å². The van der Waals surface area contributed by atoms with Crippen molar-refractivity contribution in [1.29, 1.82) is 0 Å². The van der Waals surface area contributed by atoms with Crippen LogP contribution < -0.4 is 0 Å². The second kappa shape index (κ2) is 4.48. The number of fused-ring (bicyclic) bond motifs is 1. The fourth-order valence-electron chi connectivity index (χ4n) is 2.06. The number of hydrogen-bond donors (Lipinski definition) is 0. The van der Waals surface area contributed by atoms with Gasteiger partial charge in [-0.15, -0.1) is 4.91 Å². The maximum absolute atomic E-state index is 11.1. The van der Waals surface area contributed by atoms with Gasteiger partial charge in [0.1, 0.15) is 11.3 Å². The van der Waals surface area contributed by atoms with E-state index in [9.17, 15) is 4.91 Å². The molecular formula is C14H10ClN3O. The first-order valence-corrected chi connectivity index (χ1v) is 6.15. The third kappa shape index (κ3) is 1.90. The van der Waals surface area contributed by atoms with Crippen LogP contribution in [0.5, 0.6) is 0 Å². The van der Waals surface area contributed by atoms with Crippen molar-refractivity contribution in [2.45, 2.75) is 6.92 Å². The number of halogens is 1. The van der Waals surface area contributed by atoms with Crippen molar-refractivity contribution in [2.75, 3.05) is 0 Å². The first kappa shape index (κ1) is 11.9. The fraction of sp³-hybridized carbons (Fsp3) is 0.0714. The lowest BCUT2D eigenvalue weighted by Crippen LogP contribution is -1.82. The molecule has 0 aliphatic carbocycles. The number of pyridine rings is 1. The Hall–Kier alpha value is -2.20. The summed E-state index contributed by atoms with van der Waals surface area (Å²) in [5, 5.41) is 3.79. The molecule has 0 saturated heterocycles. The normalized spacial score (nSPS) is 10.8. The molecule has 0 aliphatic heterocycles. The molecule has 3 aromatic rings. The minimum absolute atomic E-state index is 0.303. The van der Waals surface area contributed by atoms with E-state index in [0.29, 0.717) is 22.2 Å². The molecule has 1 aromatic carbocycles. The van der Waals surface area contributed by atoms with Crippen LogP contribution in [-0.2, 0) is 0 Å². The van der Waals surface area contributed by atoms with E-state index in [0.717, 1.165) is 11.1 Å². The van der Waals surface area contributed by atoms with E-state index >= 15 is 0 Å². The van der Waals surface area contributed by atoms with E-state index in [-0.39, 0.29) is 0 Å². The van der Waals surface area contributed by atoms with Crippen molar-refractivity contribution in [3.63, 3.8) is 0 Å². The number of hydrogen-bond acceptors (Lipinski definition) is 3. The highest BCUT2D eigenvalue weighted by atomic mass is 35.5. The number of aromatic nitrogens is 2. The van der Waals surface area contributed by atoms with Crippen LogP contribution in [0, 0.1) is 11.8 Å². The van der Waals surface area contributed by atoms with E-state index in [1.165, 1.54) is 0 Å². The average Bonchev–Trinajstić information content (AvgIpc) is 2.80. The van der Waals surface area contributed by atoms with E-state index in [1.807, 2.05) is 37.3 Å². The highest BCUT2D eigenvalue weighted by Gasteiger charge is 2.14. The van der Waals surface area contributed by atoms with Gasteiger partial charge in [-0.2, -0.15) is 0 Å². The standard InChI is InChI=1S/C14H10ClN3O/c1-9-8-10(5-6-11(9)15)13-14(17-19)18-7-3-2-4-12(18)16-13/h2-8H,1H3. The number of imidazole rings is 1. The quantitative estimate of drug-likeness (QED) is 0.650. The maximum Gasteiger partial charge on any atom is 0.209 e. The monoisotopic (exact) mass is 271 g/mol. The Morgan fingerprint density at radius 3 is 2.84 bits per heavy atom. The Balaban J connectivity index is 2.29. The van der Waals surface area contributed by atoms with Gasteiger partial charge in [0.05, 0.1) is 0 Å². The van der Waals surface area contributed by atoms with Crippen molar-refractivity contribution >= 4 is 23.1 Å². The van der Waals surface area contributed by atoms with Gasteiger partial charge in [-0.1, -0.05) is 23.7 Å². The van der Waals surface area contributed by atoms with Crippen molar-refractivity contribution in [3.05, 3.63) is 58.1 Å². The molecule has 0 N–H and O–H groups in total. The summed E-state index contributed by atoms with van der Waals surface area (Å²) in [5.41, 5.74) is 3.04. The first-order chi connectivity index (χ1) is 9.20. The lowest BCUT2D eigenvalue weighted by atomic mass is 10.1. The van der Waals surface area contributed by atoms with Crippen LogP contribution >= 0.6 is 11.6 Å². The van der Waals surface area contributed by atoms with Gasteiger partial charge in [0.25, 0.3) is 0 Å². The zero-order chi connectivity index (χ0) is 13.4. The van der Waals surface area contributed by atoms with E-state index in [1.54, 1.807) is 16.7 Å². The van der Waals surface area contributed by atoms with Crippen LogP contribution in [0.2, 0.25) is 5.02 Å². The van der Waals surface area contributed by atoms with E-state index in [2.05, 4.69) is 10.2 Å². The van der Waals surface area contributed by atoms with Crippen molar-refractivity contribution in [2.24, 2.45) is 5.18 Å². The van der Waals surface area contributed by atoms with Gasteiger partial charge in [0.15, 0.2) is 0 Å². The number of nitrogens with zero attached hydrogens (tertiary/aromatic N) is 3. The van der Waals surface area contributed by atoms with Gasteiger partial charge in [0.2, 0.25) is 5.82 Å². The lowest BCUT2D eigenvalue weighted by Gasteiger charge is -2.01. The van der Waals surface area contributed by atoms with Crippen LogP contribution in [0.3, 0.4) is 0 Å². The van der Waals surface area contributed by atoms with Crippen molar-refractivity contribution in [1.82, 2.24) is 9.38 Å². The second-order valence-electron chi connectivity index (χ2n) is 4.27. The van der Waals surface area contributed by atoms with Gasteiger partial charge in [-0.05, 0) is 41.9 Å². The Bertz CT molecular complexity index is 779. The summed E-state index contributed by atoms with van der Waals surface area (Å²) in [7, 11) is 0. The molecule has 2 heterocycles. The topological polar surface area (TPSA) is 46.7 Å².